The summed E-state index contributed by atoms with van der Waals surface area (Å²) in [5, 5.41) is 5.36. The van der Waals surface area contributed by atoms with E-state index in [4.69, 9.17) is 16.3 Å². The first kappa shape index (κ1) is 23.8. The van der Waals surface area contributed by atoms with E-state index in [1.807, 2.05) is 13.8 Å². The van der Waals surface area contributed by atoms with E-state index in [0.29, 0.717) is 40.8 Å². The highest BCUT2D eigenvalue weighted by Crippen LogP contribution is 2.25. The van der Waals surface area contributed by atoms with Crippen LogP contribution < -0.4 is 15.4 Å². The van der Waals surface area contributed by atoms with Crippen molar-refractivity contribution in [1.82, 2.24) is 0 Å². The quantitative estimate of drug-likeness (QED) is 0.361. The number of halogens is 3. The van der Waals surface area contributed by atoms with Gasteiger partial charge in [-0.25, -0.2) is 4.39 Å². The molecule has 0 aliphatic carbocycles. The van der Waals surface area contributed by atoms with Crippen molar-refractivity contribution < 1.29 is 18.7 Å². The maximum absolute atomic E-state index is 13.3. The van der Waals surface area contributed by atoms with Crippen molar-refractivity contribution in [3.8, 4) is 5.75 Å². The van der Waals surface area contributed by atoms with Crippen molar-refractivity contribution in [2.24, 2.45) is 5.92 Å². The Bertz CT molecular complexity index is 1150. The number of benzene rings is 3. The number of carbonyl (C=O) groups excluding carboxylic acids is 2. The predicted octanol–water partition coefficient (Wildman–Crippen LogP) is 6.78. The molecule has 3 rings (SSSR count). The predicted molar refractivity (Wildman–Crippen MR) is 128 cm³/mol. The average Bonchev–Trinajstić information content (AvgIpc) is 2.75. The van der Waals surface area contributed by atoms with Crippen molar-refractivity contribution in [2.75, 3.05) is 17.2 Å². The summed E-state index contributed by atoms with van der Waals surface area (Å²) in [4.78, 5) is 25.5. The minimum absolute atomic E-state index is 0.0895. The lowest BCUT2D eigenvalue weighted by Gasteiger charge is -2.14. The molecule has 3 aromatic carbocycles. The minimum Gasteiger partial charge on any atom is -0.492 e. The number of anilines is 2. The van der Waals surface area contributed by atoms with Gasteiger partial charge in [0, 0.05) is 21.4 Å². The molecule has 0 bridgehead atoms. The third kappa shape index (κ3) is 6.31. The average molecular weight is 520 g/mol. The fourth-order valence-corrected chi connectivity index (χ4v) is 3.32. The molecule has 0 atom stereocenters. The summed E-state index contributed by atoms with van der Waals surface area (Å²) in [6.45, 7) is 4.52. The molecule has 0 unspecified atom stereocenters. The van der Waals surface area contributed by atoms with Crippen LogP contribution in [0.4, 0.5) is 15.8 Å². The number of nitrogens with one attached hydrogen (secondary N) is 2. The van der Waals surface area contributed by atoms with E-state index in [-0.39, 0.29) is 10.9 Å². The highest BCUT2D eigenvalue weighted by molar-refractivity contribution is 9.10. The van der Waals surface area contributed by atoms with E-state index in [2.05, 4.69) is 26.6 Å². The molecule has 166 valence electrons. The first-order valence-electron chi connectivity index (χ1n) is 9.83. The van der Waals surface area contributed by atoms with Gasteiger partial charge in [-0.15, -0.1) is 0 Å². The molecular formula is C24H21BrClFN2O3. The second kappa shape index (κ2) is 10.6. The van der Waals surface area contributed by atoms with Gasteiger partial charge in [-0.1, -0.05) is 47.4 Å². The van der Waals surface area contributed by atoms with E-state index in [1.54, 1.807) is 42.5 Å². The number of carbonyl (C=O) groups is 2. The van der Waals surface area contributed by atoms with Crippen LogP contribution in [0.3, 0.4) is 0 Å². The molecule has 0 aromatic heterocycles. The zero-order chi connectivity index (χ0) is 23.3. The van der Waals surface area contributed by atoms with Gasteiger partial charge in [0.15, 0.2) is 0 Å². The van der Waals surface area contributed by atoms with Gasteiger partial charge in [0.2, 0.25) is 0 Å². The van der Waals surface area contributed by atoms with E-state index in [1.165, 1.54) is 18.2 Å². The van der Waals surface area contributed by atoms with Crippen molar-refractivity contribution in [1.29, 1.82) is 0 Å². The Morgan fingerprint density at radius 3 is 2.44 bits per heavy atom. The number of hydrogen-bond donors (Lipinski definition) is 2. The number of amides is 2. The van der Waals surface area contributed by atoms with Crippen LogP contribution in [0.2, 0.25) is 5.02 Å². The normalized spacial score (nSPS) is 10.7. The summed E-state index contributed by atoms with van der Waals surface area (Å²) in [7, 11) is 0. The second-order valence-corrected chi connectivity index (χ2v) is 8.79. The van der Waals surface area contributed by atoms with Gasteiger partial charge in [0.25, 0.3) is 11.8 Å². The van der Waals surface area contributed by atoms with Gasteiger partial charge >= 0.3 is 0 Å². The molecule has 0 spiro atoms. The molecule has 32 heavy (non-hydrogen) atoms. The lowest BCUT2D eigenvalue weighted by Crippen LogP contribution is -2.16. The maximum Gasteiger partial charge on any atom is 0.259 e. The number of ether oxygens (including phenoxy) is 1. The van der Waals surface area contributed by atoms with Gasteiger partial charge in [-0.05, 0) is 60.5 Å². The summed E-state index contributed by atoms with van der Waals surface area (Å²) < 4.78 is 19.8. The smallest absolute Gasteiger partial charge is 0.259 e. The topological polar surface area (TPSA) is 67.4 Å². The lowest BCUT2D eigenvalue weighted by molar-refractivity contribution is 0.101. The Morgan fingerprint density at radius 2 is 1.72 bits per heavy atom. The largest absolute Gasteiger partial charge is 0.492 e. The molecule has 5 nitrogen and oxygen atoms in total. The summed E-state index contributed by atoms with van der Waals surface area (Å²) in [5.41, 5.74) is 1.48. The van der Waals surface area contributed by atoms with Crippen LogP contribution in [0.5, 0.6) is 5.75 Å². The van der Waals surface area contributed by atoms with Crippen LogP contribution in [-0.4, -0.2) is 18.4 Å². The van der Waals surface area contributed by atoms with Crippen molar-refractivity contribution in [2.45, 2.75) is 13.8 Å². The van der Waals surface area contributed by atoms with Crippen LogP contribution in [0.25, 0.3) is 0 Å². The van der Waals surface area contributed by atoms with Gasteiger partial charge in [-0.2, -0.15) is 0 Å². The highest BCUT2D eigenvalue weighted by Gasteiger charge is 2.15. The minimum atomic E-state index is -0.571. The Hall–Kier alpha value is -2.90. The first-order chi connectivity index (χ1) is 15.2. The van der Waals surface area contributed by atoms with Gasteiger partial charge in [-0.3, -0.25) is 9.59 Å². The van der Waals surface area contributed by atoms with Crippen LogP contribution >= 0.6 is 27.5 Å². The number of rotatable bonds is 7. The summed E-state index contributed by atoms with van der Waals surface area (Å²) in [5.74, 6) is -0.582. The highest BCUT2D eigenvalue weighted by atomic mass is 79.9. The molecule has 0 aliphatic rings. The van der Waals surface area contributed by atoms with Crippen molar-refractivity contribution in [3.05, 3.63) is 87.1 Å². The van der Waals surface area contributed by atoms with Crippen molar-refractivity contribution in [3.63, 3.8) is 0 Å². The molecule has 2 N–H and O–H groups in total. The number of hydrogen-bond acceptors (Lipinski definition) is 3. The molecule has 0 heterocycles. The Labute approximate surface area is 199 Å². The van der Waals surface area contributed by atoms with E-state index in [0.717, 1.165) is 4.47 Å². The molecule has 0 aliphatic heterocycles. The lowest BCUT2D eigenvalue weighted by atomic mass is 10.1. The van der Waals surface area contributed by atoms with Crippen LogP contribution in [0, 0.1) is 11.7 Å². The Morgan fingerprint density at radius 1 is 1.00 bits per heavy atom. The van der Waals surface area contributed by atoms with Gasteiger partial charge in [0.05, 0.1) is 17.2 Å². The van der Waals surface area contributed by atoms with Crippen molar-refractivity contribution >= 4 is 50.7 Å². The molecular weight excluding hydrogens is 499 g/mol. The fourth-order valence-electron chi connectivity index (χ4n) is 2.78. The van der Waals surface area contributed by atoms with E-state index >= 15 is 0 Å². The van der Waals surface area contributed by atoms with Crippen LogP contribution in [0.15, 0.2) is 65.1 Å². The van der Waals surface area contributed by atoms with Gasteiger partial charge in [0.1, 0.15) is 11.6 Å². The molecule has 0 saturated heterocycles. The Balaban J connectivity index is 1.75. The SMILES string of the molecule is CC(C)COc1ccc(Br)cc1C(=O)Nc1cccc(C(=O)Nc2ccc(F)c(Cl)c2)c1. The molecule has 8 heteroatoms. The molecule has 0 radical (unpaired) electrons. The van der Waals surface area contributed by atoms with Crippen LogP contribution in [0.1, 0.15) is 34.6 Å². The summed E-state index contributed by atoms with van der Waals surface area (Å²) >= 11 is 9.14. The maximum atomic E-state index is 13.3. The summed E-state index contributed by atoms with van der Waals surface area (Å²) in [6.07, 6.45) is 0. The summed E-state index contributed by atoms with van der Waals surface area (Å²) in [6, 6.07) is 15.6. The third-order valence-electron chi connectivity index (χ3n) is 4.32. The fraction of sp³-hybridized carbons (Fsp3) is 0.167. The standard InChI is InChI=1S/C24H21BrClFN2O3/c1-14(2)13-32-22-9-6-16(25)11-19(22)24(31)29-17-5-3-4-15(10-17)23(30)28-18-7-8-21(27)20(26)12-18/h3-12,14H,13H2,1-2H3,(H,28,30)(H,29,31). The van der Waals surface area contributed by atoms with Gasteiger partial charge < -0.3 is 15.4 Å². The molecule has 0 fully saturated rings. The second-order valence-electron chi connectivity index (χ2n) is 7.46. The molecule has 2 amide bonds. The zero-order valence-corrected chi connectivity index (χ0v) is 19.8. The zero-order valence-electron chi connectivity index (χ0n) is 17.4. The van der Waals surface area contributed by atoms with E-state index in [9.17, 15) is 14.0 Å². The monoisotopic (exact) mass is 518 g/mol. The first-order valence-corrected chi connectivity index (χ1v) is 11.0. The third-order valence-corrected chi connectivity index (χ3v) is 5.10. The Kier molecular flexibility index (Phi) is 7.88. The molecule has 3 aromatic rings. The molecule has 0 saturated carbocycles. The van der Waals surface area contributed by atoms with Crippen LogP contribution in [-0.2, 0) is 0 Å². The van der Waals surface area contributed by atoms with E-state index < -0.39 is 11.7 Å².